The Hall–Kier alpha value is -1.36. The normalized spacial score (nSPS) is 23.7. The average Bonchev–Trinajstić information content (AvgIpc) is 2.39. The predicted octanol–water partition coefficient (Wildman–Crippen LogP) is 2.41. The fourth-order valence-corrected chi connectivity index (χ4v) is 1.83. The van der Waals surface area contributed by atoms with Gasteiger partial charge in [-0.1, -0.05) is 30.3 Å². The quantitative estimate of drug-likeness (QED) is 0.871. The van der Waals surface area contributed by atoms with Crippen molar-refractivity contribution in [2.45, 2.75) is 25.4 Å². The van der Waals surface area contributed by atoms with Gasteiger partial charge in [-0.2, -0.15) is 0 Å². The molecule has 0 saturated carbocycles. The molecule has 0 spiro atoms. The highest BCUT2D eigenvalue weighted by atomic mass is 16.7. The molecule has 2 atom stereocenters. The average molecular weight is 250 g/mol. The molecule has 18 heavy (non-hydrogen) atoms. The molecule has 1 aliphatic rings. The first-order valence-corrected chi connectivity index (χ1v) is 5.97. The smallest absolute Gasteiger partial charge is 0.165 e. The van der Waals surface area contributed by atoms with Crippen molar-refractivity contribution in [2.24, 2.45) is 0 Å². The molecule has 0 aliphatic carbocycles. The first kappa shape index (κ1) is 13.1. The largest absolute Gasteiger partial charge is 0.512 e. The Kier molecular flexibility index (Phi) is 4.75. The van der Waals surface area contributed by atoms with Crippen molar-refractivity contribution in [3.8, 4) is 0 Å². The van der Waals surface area contributed by atoms with E-state index in [0.717, 1.165) is 5.56 Å². The van der Waals surface area contributed by atoms with E-state index < -0.39 is 0 Å². The maximum Gasteiger partial charge on any atom is 0.165 e. The lowest BCUT2D eigenvalue weighted by Gasteiger charge is -2.26. The molecule has 0 amide bonds. The second kappa shape index (κ2) is 6.54. The van der Waals surface area contributed by atoms with Crippen LogP contribution >= 0.6 is 0 Å². The van der Waals surface area contributed by atoms with Gasteiger partial charge in [-0.25, -0.2) is 0 Å². The van der Waals surface area contributed by atoms with Crippen molar-refractivity contribution in [3.05, 3.63) is 47.7 Å². The zero-order valence-corrected chi connectivity index (χ0v) is 10.4. The first-order chi connectivity index (χ1) is 8.78. The van der Waals surface area contributed by atoms with Crippen LogP contribution < -0.4 is 0 Å². The number of hydrogen-bond donors (Lipinski definition) is 1. The van der Waals surface area contributed by atoms with Crippen molar-refractivity contribution in [1.82, 2.24) is 0 Å². The van der Waals surface area contributed by atoms with Gasteiger partial charge < -0.3 is 19.3 Å². The lowest BCUT2D eigenvalue weighted by Crippen LogP contribution is -2.30. The maximum absolute atomic E-state index is 9.54. The van der Waals surface area contributed by atoms with Gasteiger partial charge in [0.1, 0.15) is 6.10 Å². The van der Waals surface area contributed by atoms with E-state index in [2.05, 4.69) is 0 Å². The Bertz CT molecular complexity index is 388. The van der Waals surface area contributed by atoms with E-state index in [1.54, 1.807) is 13.2 Å². The highest BCUT2D eigenvalue weighted by Crippen LogP contribution is 2.18. The third-order valence-corrected chi connectivity index (χ3v) is 2.74. The van der Waals surface area contributed by atoms with E-state index in [4.69, 9.17) is 14.2 Å². The zero-order chi connectivity index (χ0) is 12.8. The Morgan fingerprint density at radius 3 is 2.83 bits per heavy atom. The highest BCUT2D eigenvalue weighted by molar-refractivity contribution is 5.13. The van der Waals surface area contributed by atoms with E-state index in [1.807, 2.05) is 30.3 Å². The molecule has 1 N–H and O–H groups in total. The zero-order valence-electron chi connectivity index (χ0n) is 10.4. The van der Waals surface area contributed by atoms with Crippen LogP contribution in [0.25, 0.3) is 0 Å². The summed E-state index contributed by atoms with van der Waals surface area (Å²) < 4.78 is 16.2. The summed E-state index contributed by atoms with van der Waals surface area (Å²) in [7, 11) is 1.56. The number of ether oxygens (including phenoxy) is 3. The molecule has 0 radical (unpaired) electrons. The molecule has 0 aromatic heterocycles. The topological polar surface area (TPSA) is 47.9 Å². The van der Waals surface area contributed by atoms with E-state index in [-0.39, 0.29) is 12.4 Å². The summed E-state index contributed by atoms with van der Waals surface area (Å²) in [6, 6.07) is 9.93. The van der Waals surface area contributed by atoms with Crippen LogP contribution in [0.5, 0.6) is 0 Å². The van der Waals surface area contributed by atoms with Gasteiger partial charge in [-0.05, 0) is 11.6 Å². The first-order valence-electron chi connectivity index (χ1n) is 5.97. The molecule has 4 heteroatoms. The van der Waals surface area contributed by atoms with Crippen LogP contribution in [-0.4, -0.2) is 31.2 Å². The number of aliphatic hydroxyl groups excluding tert-OH is 1. The van der Waals surface area contributed by atoms with Gasteiger partial charge in [-0.3, -0.25) is 0 Å². The van der Waals surface area contributed by atoms with Gasteiger partial charge >= 0.3 is 0 Å². The third-order valence-electron chi connectivity index (χ3n) is 2.74. The summed E-state index contributed by atoms with van der Waals surface area (Å²) in [5.41, 5.74) is 1.12. The third kappa shape index (κ3) is 3.84. The van der Waals surface area contributed by atoms with Crippen LogP contribution in [0.15, 0.2) is 42.2 Å². The number of rotatable bonds is 5. The van der Waals surface area contributed by atoms with Crippen molar-refractivity contribution >= 4 is 0 Å². The van der Waals surface area contributed by atoms with Crippen LogP contribution in [0.4, 0.5) is 0 Å². The Balaban J connectivity index is 1.78. The van der Waals surface area contributed by atoms with Gasteiger partial charge in [0.2, 0.25) is 0 Å². The van der Waals surface area contributed by atoms with Crippen LogP contribution in [0.3, 0.4) is 0 Å². The summed E-state index contributed by atoms with van der Waals surface area (Å²) in [6.45, 7) is 0.936. The molecule has 1 aliphatic heterocycles. The van der Waals surface area contributed by atoms with Crippen molar-refractivity contribution in [1.29, 1.82) is 0 Å². The number of methoxy groups -OCH3 is 1. The minimum absolute atomic E-state index is 0.257. The molecule has 4 nitrogen and oxygen atoms in total. The minimum Gasteiger partial charge on any atom is -0.512 e. The number of aliphatic hydroxyl groups is 1. The molecule has 1 heterocycles. The molecule has 0 saturated heterocycles. The monoisotopic (exact) mass is 250 g/mol. The summed E-state index contributed by atoms with van der Waals surface area (Å²) in [6.07, 6.45) is 1.42. The van der Waals surface area contributed by atoms with Gasteiger partial charge in [-0.15, -0.1) is 0 Å². The molecule has 0 bridgehead atoms. The predicted molar refractivity (Wildman–Crippen MR) is 67.1 cm³/mol. The minimum atomic E-state index is -0.389. The summed E-state index contributed by atoms with van der Waals surface area (Å²) in [5, 5.41) is 9.54. The second-order valence-electron chi connectivity index (χ2n) is 4.20. The highest BCUT2D eigenvalue weighted by Gasteiger charge is 2.22. The molecule has 1 aromatic carbocycles. The van der Waals surface area contributed by atoms with Crippen molar-refractivity contribution in [3.63, 3.8) is 0 Å². The fourth-order valence-electron chi connectivity index (χ4n) is 1.83. The molecule has 1 aromatic rings. The van der Waals surface area contributed by atoms with Crippen molar-refractivity contribution < 1.29 is 19.3 Å². The van der Waals surface area contributed by atoms with Crippen LogP contribution in [0.2, 0.25) is 0 Å². The van der Waals surface area contributed by atoms with Gasteiger partial charge in [0.15, 0.2) is 6.29 Å². The van der Waals surface area contributed by atoms with E-state index in [0.29, 0.717) is 25.4 Å². The molecular weight excluding hydrogens is 232 g/mol. The van der Waals surface area contributed by atoms with Gasteiger partial charge in [0.25, 0.3) is 0 Å². The lowest BCUT2D eigenvalue weighted by atomic mass is 10.2. The standard InChI is InChI=1S/C14H18O4/c1-16-14-8-12(15)7-13(18-14)10-17-9-11-5-3-2-4-6-11/h2-7,13-15H,8-10H2,1H3/t13-,14+/m0/s1. The molecule has 0 unspecified atom stereocenters. The van der Waals surface area contributed by atoms with Gasteiger partial charge in [0, 0.05) is 7.11 Å². The van der Waals surface area contributed by atoms with Crippen molar-refractivity contribution in [2.75, 3.05) is 13.7 Å². The fraction of sp³-hybridized carbons (Fsp3) is 0.429. The molecule has 98 valence electrons. The lowest BCUT2D eigenvalue weighted by molar-refractivity contribution is -0.167. The van der Waals surface area contributed by atoms with Crippen LogP contribution in [0.1, 0.15) is 12.0 Å². The van der Waals surface area contributed by atoms with Crippen LogP contribution in [-0.2, 0) is 20.8 Å². The second-order valence-corrected chi connectivity index (χ2v) is 4.20. The summed E-state index contributed by atoms with van der Waals surface area (Å²) in [4.78, 5) is 0. The summed E-state index contributed by atoms with van der Waals surface area (Å²) in [5.74, 6) is 0.293. The van der Waals surface area contributed by atoms with Crippen LogP contribution in [0, 0.1) is 0 Å². The molecule has 0 fully saturated rings. The number of hydrogen-bond acceptors (Lipinski definition) is 4. The Labute approximate surface area is 107 Å². The maximum atomic E-state index is 9.54. The van der Waals surface area contributed by atoms with E-state index in [1.165, 1.54) is 0 Å². The summed E-state index contributed by atoms with van der Waals surface area (Å²) >= 11 is 0. The Morgan fingerprint density at radius 2 is 2.11 bits per heavy atom. The Morgan fingerprint density at radius 1 is 1.33 bits per heavy atom. The molecule has 2 rings (SSSR count). The van der Waals surface area contributed by atoms with E-state index in [9.17, 15) is 5.11 Å². The molecular formula is C14H18O4. The van der Waals surface area contributed by atoms with E-state index >= 15 is 0 Å². The van der Waals surface area contributed by atoms with Gasteiger partial charge in [0.05, 0.1) is 25.4 Å². The number of benzene rings is 1. The SMILES string of the molecule is CO[C@H]1CC(O)=C[C@@H](COCc2ccccc2)O1.